The first kappa shape index (κ1) is 12.0. The second kappa shape index (κ2) is 4.42. The van der Waals surface area contributed by atoms with Crippen LogP contribution in [-0.4, -0.2) is 19.7 Å². The van der Waals surface area contributed by atoms with E-state index in [4.69, 9.17) is 5.84 Å². The lowest BCUT2D eigenvalue weighted by atomic mass is 10.3. The van der Waals surface area contributed by atoms with E-state index in [-0.39, 0.29) is 0 Å². The van der Waals surface area contributed by atoms with E-state index in [9.17, 15) is 0 Å². The molecule has 0 saturated heterocycles. The van der Waals surface area contributed by atoms with E-state index < -0.39 is 0 Å². The second-order valence-corrected chi connectivity index (χ2v) is 4.50. The molecule has 0 fully saturated rings. The maximum atomic E-state index is 5.39. The predicted octanol–water partition coefficient (Wildman–Crippen LogP) is 1.64. The first-order valence-corrected chi connectivity index (χ1v) is 5.86. The molecule has 0 spiro atoms. The van der Waals surface area contributed by atoms with E-state index >= 15 is 0 Å². The highest BCUT2D eigenvalue weighted by Gasteiger charge is 2.14. The maximum Gasteiger partial charge on any atom is 0.162 e. The summed E-state index contributed by atoms with van der Waals surface area (Å²) < 4.78 is 2.76. The number of hydrazine groups is 1. The third-order valence-electron chi connectivity index (χ3n) is 2.60. The van der Waals surface area contributed by atoms with Gasteiger partial charge in [0.15, 0.2) is 5.82 Å². The SMILES string of the molecule is Cc1nn(-c2ncnc(NN)c2C)c(C)c1Br. The highest BCUT2D eigenvalue weighted by molar-refractivity contribution is 9.10. The van der Waals surface area contributed by atoms with Crippen molar-refractivity contribution in [1.82, 2.24) is 19.7 Å². The summed E-state index contributed by atoms with van der Waals surface area (Å²) in [7, 11) is 0. The first-order valence-electron chi connectivity index (χ1n) is 5.06. The molecule has 2 rings (SSSR count). The lowest BCUT2D eigenvalue weighted by Crippen LogP contribution is -2.13. The number of nitrogen functional groups attached to an aromatic ring is 1. The van der Waals surface area contributed by atoms with Crippen molar-refractivity contribution in [1.29, 1.82) is 0 Å². The molecule has 0 aliphatic heterocycles. The number of nitrogens with zero attached hydrogens (tertiary/aromatic N) is 4. The van der Waals surface area contributed by atoms with Crippen LogP contribution in [0.15, 0.2) is 10.8 Å². The Morgan fingerprint density at radius 2 is 2.00 bits per heavy atom. The van der Waals surface area contributed by atoms with Gasteiger partial charge in [0, 0.05) is 5.56 Å². The summed E-state index contributed by atoms with van der Waals surface area (Å²) in [6, 6.07) is 0. The number of rotatable bonds is 2. The molecule has 7 heteroatoms. The fourth-order valence-corrected chi connectivity index (χ4v) is 1.88. The Hall–Kier alpha value is -1.47. The largest absolute Gasteiger partial charge is 0.308 e. The van der Waals surface area contributed by atoms with Gasteiger partial charge in [-0.15, -0.1) is 0 Å². The Kier molecular flexibility index (Phi) is 3.12. The molecule has 0 radical (unpaired) electrons. The molecular weight excluding hydrogens is 284 g/mol. The fraction of sp³-hybridized carbons (Fsp3) is 0.300. The average Bonchev–Trinajstić information content (AvgIpc) is 2.57. The Labute approximate surface area is 107 Å². The Morgan fingerprint density at radius 3 is 2.53 bits per heavy atom. The quantitative estimate of drug-likeness (QED) is 0.650. The second-order valence-electron chi connectivity index (χ2n) is 3.71. The summed E-state index contributed by atoms with van der Waals surface area (Å²) in [6.45, 7) is 5.81. The summed E-state index contributed by atoms with van der Waals surface area (Å²) in [4.78, 5) is 8.29. The third kappa shape index (κ3) is 1.91. The van der Waals surface area contributed by atoms with E-state index in [0.717, 1.165) is 27.2 Å². The first-order chi connectivity index (χ1) is 8.06. The van der Waals surface area contributed by atoms with E-state index in [2.05, 4.69) is 36.4 Å². The Bertz CT molecular complexity index is 562. The number of aromatic nitrogens is 4. The summed E-state index contributed by atoms with van der Waals surface area (Å²) in [5.74, 6) is 6.71. The van der Waals surface area contributed by atoms with Crippen LogP contribution in [0.2, 0.25) is 0 Å². The number of halogens is 1. The van der Waals surface area contributed by atoms with Crippen molar-refractivity contribution in [2.45, 2.75) is 20.8 Å². The maximum absolute atomic E-state index is 5.39. The molecule has 6 nitrogen and oxygen atoms in total. The van der Waals surface area contributed by atoms with Crippen LogP contribution in [0.4, 0.5) is 5.82 Å². The van der Waals surface area contributed by atoms with Gasteiger partial charge in [-0.1, -0.05) is 0 Å². The Balaban J connectivity index is 2.64. The minimum Gasteiger partial charge on any atom is -0.308 e. The molecule has 0 atom stereocenters. The molecule has 2 aromatic rings. The standard InChI is InChI=1S/C10H13BrN6/c1-5-9(15-12)13-4-14-10(5)17-7(3)8(11)6(2)16-17/h4H,12H2,1-3H3,(H,13,14,15). The zero-order chi connectivity index (χ0) is 12.6. The van der Waals surface area contributed by atoms with Gasteiger partial charge >= 0.3 is 0 Å². The normalized spacial score (nSPS) is 10.6. The summed E-state index contributed by atoms with van der Waals surface area (Å²) in [5, 5.41) is 4.43. The molecular formula is C10H13BrN6. The van der Waals surface area contributed by atoms with Crippen molar-refractivity contribution in [3.63, 3.8) is 0 Å². The van der Waals surface area contributed by atoms with E-state index in [1.165, 1.54) is 6.33 Å². The molecule has 0 aromatic carbocycles. The molecule has 0 aliphatic carbocycles. The summed E-state index contributed by atoms with van der Waals surface area (Å²) in [5.41, 5.74) is 5.31. The highest BCUT2D eigenvalue weighted by Crippen LogP contribution is 2.24. The van der Waals surface area contributed by atoms with Gasteiger partial charge in [-0.05, 0) is 36.7 Å². The topological polar surface area (TPSA) is 81.7 Å². The minimum absolute atomic E-state index is 0.596. The number of anilines is 1. The molecule has 0 aliphatic rings. The van der Waals surface area contributed by atoms with Crippen LogP contribution in [0.25, 0.3) is 5.82 Å². The van der Waals surface area contributed by atoms with Gasteiger partial charge in [-0.3, -0.25) is 0 Å². The number of hydrogen-bond donors (Lipinski definition) is 2. The lowest BCUT2D eigenvalue weighted by molar-refractivity contribution is 0.792. The number of nitrogens with one attached hydrogen (secondary N) is 1. The molecule has 0 bridgehead atoms. The lowest BCUT2D eigenvalue weighted by Gasteiger charge is -2.09. The van der Waals surface area contributed by atoms with Crippen LogP contribution in [-0.2, 0) is 0 Å². The van der Waals surface area contributed by atoms with E-state index in [1.807, 2.05) is 20.8 Å². The van der Waals surface area contributed by atoms with Crippen molar-refractivity contribution in [3.05, 3.63) is 27.8 Å². The fourth-order valence-electron chi connectivity index (χ4n) is 1.63. The van der Waals surface area contributed by atoms with Gasteiger partial charge in [0.25, 0.3) is 0 Å². The van der Waals surface area contributed by atoms with Crippen molar-refractivity contribution < 1.29 is 0 Å². The van der Waals surface area contributed by atoms with Crippen LogP contribution < -0.4 is 11.3 Å². The van der Waals surface area contributed by atoms with Gasteiger partial charge in [0.2, 0.25) is 0 Å². The van der Waals surface area contributed by atoms with Gasteiger partial charge in [-0.2, -0.15) is 5.10 Å². The predicted molar refractivity (Wildman–Crippen MR) is 68.9 cm³/mol. The van der Waals surface area contributed by atoms with Crippen LogP contribution in [0.1, 0.15) is 17.0 Å². The molecule has 0 unspecified atom stereocenters. The molecule has 90 valence electrons. The summed E-state index contributed by atoms with van der Waals surface area (Å²) in [6.07, 6.45) is 1.46. The molecule has 2 heterocycles. The van der Waals surface area contributed by atoms with Crippen molar-refractivity contribution >= 4 is 21.7 Å². The van der Waals surface area contributed by atoms with Crippen LogP contribution in [0, 0.1) is 20.8 Å². The van der Waals surface area contributed by atoms with Crippen molar-refractivity contribution in [2.24, 2.45) is 5.84 Å². The van der Waals surface area contributed by atoms with Crippen LogP contribution >= 0.6 is 15.9 Å². The zero-order valence-corrected chi connectivity index (χ0v) is 11.4. The van der Waals surface area contributed by atoms with Crippen LogP contribution in [0.5, 0.6) is 0 Å². The Morgan fingerprint density at radius 1 is 1.29 bits per heavy atom. The van der Waals surface area contributed by atoms with Crippen molar-refractivity contribution in [2.75, 3.05) is 5.43 Å². The zero-order valence-electron chi connectivity index (χ0n) is 9.82. The average molecular weight is 297 g/mol. The van der Waals surface area contributed by atoms with Gasteiger partial charge in [0.05, 0.1) is 15.9 Å². The molecule has 3 N–H and O–H groups in total. The smallest absolute Gasteiger partial charge is 0.162 e. The molecule has 2 aromatic heterocycles. The number of nitrogens with two attached hydrogens (primary N) is 1. The molecule has 0 amide bonds. The van der Waals surface area contributed by atoms with E-state index in [1.54, 1.807) is 4.68 Å². The van der Waals surface area contributed by atoms with Gasteiger partial charge < -0.3 is 5.43 Å². The van der Waals surface area contributed by atoms with E-state index in [0.29, 0.717) is 5.82 Å². The van der Waals surface area contributed by atoms with Gasteiger partial charge in [-0.25, -0.2) is 20.5 Å². The van der Waals surface area contributed by atoms with Gasteiger partial charge in [0.1, 0.15) is 12.1 Å². The summed E-state index contributed by atoms with van der Waals surface area (Å²) >= 11 is 3.49. The third-order valence-corrected chi connectivity index (χ3v) is 3.75. The molecule has 17 heavy (non-hydrogen) atoms. The minimum atomic E-state index is 0.596. The monoisotopic (exact) mass is 296 g/mol. The number of aryl methyl sites for hydroxylation is 1. The molecule has 0 saturated carbocycles. The highest BCUT2D eigenvalue weighted by atomic mass is 79.9. The number of hydrogen-bond acceptors (Lipinski definition) is 5. The van der Waals surface area contributed by atoms with Crippen molar-refractivity contribution in [3.8, 4) is 5.82 Å². The van der Waals surface area contributed by atoms with Crippen LogP contribution in [0.3, 0.4) is 0 Å².